The second-order valence-electron chi connectivity index (χ2n) is 5.65. The molecule has 0 radical (unpaired) electrons. The molecule has 1 aromatic carbocycles. The van der Waals surface area contributed by atoms with Crippen molar-refractivity contribution in [1.82, 2.24) is 10.2 Å². The van der Waals surface area contributed by atoms with Crippen LogP contribution >= 0.6 is 0 Å². The monoisotopic (exact) mass is 350 g/mol. The summed E-state index contributed by atoms with van der Waals surface area (Å²) in [6, 6.07) is 10.3. The fraction of sp³-hybridized carbons (Fsp3) is 0.105. The number of aromatic nitrogens is 2. The van der Waals surface area contributed by atoms with Crippen molar-refractivity contribution in [2.45, 2.75) is 13.8 Å². The summed E-state index contributed by atoms with van der Waals surface area (Å²) in [5.41, 5.74) is 2.86. The van der Waals surface area contributed by atoms with Gasteiger partial charge in [-0.1, -0.05) is 12.1 Å². The molecule has 0 fully saturated rings. The Labute approximate surface area is 150 Å². The maximum Gasteiger partial charge on any atom is 0.257 e. The number of nitrogens with one attached hydrogen (secondary N) is 3. The number of furan rings is 1. The lowest BCUT2D eigenvalue weighted by Gasteiger charge is -2.10. The van der Waals surface area contributed by atoms with Gasteiger partial charge in [-0.25, -0.2) is 0 Å². The third kappa shape index (κ3) is 3.89. The Kier molecular flexibility index (Phi) is 4.98. The minimum atomic E-state index is -0.364. The maximum atomic E-state index is 12.6. The lowest BCUT2D eigenvalue weighted by molar-refractivity contribution is -0.111. The second kappa shape index (κ2) is 7.52. The molecule has 132 valence electrons. The van der Waals surface area contributed by atoms with Gasteiger partial charge in [0.1, 0.15) is 5.76 Å². The summed E-state index contributed by atoms with van der Waals surface area (Å²) >= 11 is 0. The summed E-state index contributed by atoms with van der Waals surface area (Å²) in [6.07, 6.45) is 4.42. The van der Waals surface area contributed by atoms with Gasteiger partial charge in [-0.2, -0.15) is 5.10 Å². The smallest absolute Gasteiger partial charge is 0.257 e. The minimum absolute atomic E-state index is 0.330. The maximum absolute atomic E-state index is 12.6. The molecule has 0 saturated carbocycles. The van der Waals surface area contributed by atoms with Crippen LogP contribution in [0.3, 0.4) is 0 Å². The van der Waals surface area contributed by atoms with E-state index in [1.807, 2.05) is 6.92 Å². The number of carbonyl (C=O) groups excluding carboxylic acids is 2. The SMILES string of the molecule is Cc1n[nH]c(C)c1NC(=O)c1ccccc1NC(=O)/C=C/c1ccco1. The number of aromatic amines is 1. The number of benzene rings is 1. The summed E-state index contributed by atoms with van der Waals surface area (Å²) in [7, 11) is 0. The number of nitrogens with zero attached hydrogens (tertiary/aromatic N) is 1. The summed E-state index contributed by atoms with van der Waals surface area (Å²) in [4.78, 5) is 24.7. The van der Waals surface area contributed by atoms with Gasteiger partial charge in [0.2, 0.25) is 5.91 Å². The van der Waals surface area contributed by atoms with Crippen molar-refractivity contribution in [2.24, 2.45) is 0 Å². The molecule has 0 aliphatic carbocycles. The molecule has 0 bridgehead atoms. The molecule has 2 amide bonds. The molecule has 0 aliphatic heterocycles. The van der Waals surface area contributed by atoms with Crippen LogP contribution in [0.25, 0.3) is 6.08 Å². The topological polar surface area (TPSA) is 100 Å². The fourth-order valence-corrected chi connectivity index (χ4v) is 2.42. The first-order valence-corrected chi connectivity index (χ1v) is 7.99. The van der Waals surface area contributed by atoms with Crippen LogP contribution in [0.2, 0.25) is 0 Å². The van der Waals surface area contributed by atoms with Crippen molar-refractivity contribution in [3.8, 4) is 0 Å². The van der Waals surface area contributed by atoms with Crippen LogP contribution in [-0.2, 0) is 4.79 Å². The number of rotatable bonds is 5. The van der Waals surface area contributed by atoms with E-state index in [9.17, 15) is 9.59 Å². The molecule has 3 N–H and O–H groups in total. The second-order valence-corrected chi connectivity index (χ2v) is 5.65. The zero-order valence-electron chi connectivity index (χ0n) is 14.4. The van der Waals surface area contributed by atoms with E-state index in [1.165, 1.54) is 12.3 Å². The van der Waals surface area contributed by atoms with E-state index in [0.717, 1.165) is 5.69 Å². The molecule has 0 spiro atoms. The highest BCUT2D eigenvalue weighted by molar-refractivity contribution is 6.12. The van der Waals surface area contributed by atoms with Crippen molar-refractivity contribution < 1.29 is 14.0 Å². The molecule has 3 aromatic rings. The Morgan fingerprint density at radius 2 is 1.92 bits per heavy atom. The molecule has 26 heavy (non-hydrogen) atoms. The van der Waals surface area contributed by atoms with Gasteiger partial charge >= 0.3 is 0 Å². The lowest BCUT2D eigenvalue weighted by Crippen LogP contribution is -2.17. The molecular weight excluding hydrogens is 332 g/mol. The molecule has 7 heteroatoms. The molecule has 7 nitrogen and oxygen atoms in total. The molecular formula is C19H18N4O3. The normalized spacial score (nSPS) is 10.8. The zero-order valence-corrected chi connectivity index (χ0v) is 14.4. The number of hydrogen-bond donors (Lipinski definition) is 3. The van der Waals surface area contributed by atoms with Gasteiger partial charge in [-0.15, -0.1) is 0 Å². The first-order valence-electron chi connectivity index (χ1n) is 7.99. The highest BCUT2D eigenvalue weighted by Crippen LogP contribution is 2.21. The summed E-state index contributed by atoms with van der Waals surface area (Å²) in [5.74, 6) is -0.127. The van der Waals surface area contributed by atoms with Crippen molar-refractivity contribution in [2.75, 3.05) is 10.6 Å². The predicted octanol–water partition coefficient (Wildman–Crippen LogP) is 3.52. The van der Waals surface area contributed by atoms with E-state index < -0.39 is 0 Å². The Morgan fingerprint density at radius 3 is 2.62 bits per heavy atom. The van der Waals surface area contributed by atoms with Gasteiger partial charge in [0.15, 0.2) is 0 Å². The average molecular weight is 350 g/mol. The van der Waals surface area contributed by atoms with E-state index in [2.05, 4.69) is 20.8 Å². The van der Waals surface area contributed by atoms with Crippen molar-refractivity contribution in [3.63, 3.8) is 0 Å². The van der Waals surface area contributed by atoms with Crippen LogP contribution in [-0.4, -0.2) is 22.0 Å². The third-order valence-electron chi connectivity index (χ3n) is 3.74. The van der Waals surface area contributed by atoms with E-state index in [-0.39, 0.29) is 11.8 Å². The van der Waals surface area contributed by atoms with Crippen molar-refractivity contribution in [1.29, 1.82) is 0 Å². The van der Waals surface area contributed by atoms with Gasteiger partial charge in [-0.05, 0) is 44.2 Å². The number of hydrogen-bond acceptors (Lipinski definition) is 4. The van der Waals surface area contributed by atoms with Crippen molar-refractivity contribution in [3.05, 3.63) is 71.4 Å². The third-order valence-corrected chi connectivity index (χ3v) is 3.74. The van der Waals surface area contributed by atoms with Crippen LogP contribution in [0.4, 0.5) is 11.4 Å². The number of aryl methyl sites for hydroxylation is 2. The predicted molar refractivity (Wildman–Crippen MR) is 98.8 cm³/mol. The molecule has 0 atom stereocenters. The molecule has 0 aliphatic rings. The highest BCUT2D eigenvalue weighted by Gasteiger charge is 2.15. The first kappa shape index (κ1) is 17.2. The quantitative estimate of drug-likeness (QED) is 0.613. The standard InChI is InChI=1S/C19H18N4O3/c1-12-18(13(2)23-22-12)21-19(25)15-7-3-4-8-16(15)20-17(24)10-9-14-6-5-11-26-14/h3-11H,1-2H3,(H,20,24)(H,21,25)(H,22,23)/b10-9+. The van der Waals surface area contributed by atoms with Gasteiger partial charge in [0.05, 0.1) is 34.6 Å². The number of carbonyl (C=O) groups is 2. The summed E-state index contributed by atoms with van der Waals surface area (Å²) in [5, 5.41) is 12.4. The van der Waals surface area contributed by atoms with Gasteiger partial charge in [0, 0.05) is 6.08 Å². The van der Waals surface area contributed by atoms with Gasteiger partial charge < -0.3 is 15.1 Å². The Bertz CT molecular complexity index is 936. The fourth-order valence-electron chi connectivity index (χ4n) is 2.42. The Balaban J connectivity index is 1.75. The number of para-hydroxylation sites is 1. The van der Waals surface area contributed by atoms with Crippen LogP contribution in [0.15, 0.2) is 53.2 Å². The van der Waals surface area contributed by atoms with E-state index in [0.29, 0.717) is 28.4 Å². The highest BCUT2D eigenvalue weighted by atomic mass is 16.3. The number of H-pyrrole nitrogens is 1. The number of amides is 2. The first-order chi connectivity index (χ1) is 12.5. The minimum Gasteiger partial charge on any atom is -0.465 e. The van der Waals surface area contributed by atoms with Gasteiger partial charge in [0.25, 0.3) is 5.91 Å². The largest absolute Gasteiger partial charge is 0.465 e. The Hall–Kier alpha value is -3.61. The summed E-state index contributed by atoms with van der Waals surface area (Å²) < 4.78 is 5.14. The molecule has 2 aromatic heterocycles. The van der Waals surface area contributed by atoms with Gasteiger partial charge in [-0.3, -0.25) is 14.7 Å². The summed E-state index contributed by atoms with van der Waals surface area (Å²) in [6.45, 7) is 3.62. The molecule has 0 saturated heterocycles. The van der Waals surface area contributed by atoms with Crippen LogP contribution in [0.5, 0.6) is 0 Å². The molecule has 2 heterocycles. The van der Waals surface area contributed by atoms with E-state index >= 15 is 0 Å². The molecule has 3 rings (SSSR count). The van der Waals surface area contributed by atoms with Crippen LogP contribution in [0.1, 0.15) is 27.5 Å². The van der Waals surface area contributed by atoms with E-state index in [1.54, 1.807) is 49.4 Å². The van der Waals surface area contributed by atoms with Crippen LogP contribution < -0.4 is 10.6 Å². The van der Waals surface area contributed by atoms with Crippen molar-refractivity contribution >= 4 is 29.3 Å². The Morgan fingerprint density at radius 1 is 1.12 bits per heavy atom. The average Bonchev–Trinajstić information content (AvgIpc) is 3.26. The number of anilines is 2. The van der Waals surface area contributed by atoms with Crippen LogP contribution in [0, 0.1) is 13.8 Å². The van der Waals surface area contributed by atoms with E-state index in [4.69, 9.17) is 4.42 Å². The molecule has 0 unspecified atom stereocenters. The zero-order chi connectivity index (χ0) is 18.5. The lowest BCUT2D eigenvalue weighted by atomic mass is 10.1.